The van der Waals surface area contributed by atoms with Crippen molar-refractivity contribution >= 4 is 40.7 Å². The number of halogens is 1. The van der Waals surface area contributed by atoms with Crippen LogP contribution in [0.1, 0.15) is 5.56 Å². The number of anilines is 3. The zero-order valence-corrected chi connectivity index (χ0v) is 21.0. The van der Waals surface area contributed by atoms with E-state index in [4.69, 9.17) is 16.3 Å². The molecular weight excluding hydrogens is 488 g/mol. The van der Waals surface area contributed by atoms with Crippen LogP contribution in [-0.2, 0) is 0 Å². The minimum absolute atomic E-state index is 0.225. The SMILES string of the molecule is Cc1cccc(NC(=O)N(CCNC(=O)Nc2ccc(Cl)cc2)c2ccc(Oc3ccccc3)cc2)c1. The lowest BCUT2D eigenvalue weighted by Gasteiger charge is -2.24. The van der Waals surface area contributed by atoms with Gasteiger partial charge in [0.05, 0.1) is 0 Å². The fourth-order valence-corrected chi connectivity index (χ4v) is 3.70. The van der Waals surface area contributed by atoms with Gasteiger partial charge in [-0.2, -0.15) is 0 Å². The number of benzene rings is 4. The largest absolute Gasteiger partial charge is 0.457 e. The van der Waals surface area contributed by atoms with Gasteiger partial charge in [-0.3, -0.25) is 4.90 Å². The van der Waals surface area contributed by atoms with Crippen LogP contribution in [0.15, 0.2) is 103 Å². The second-order valence-corrected chi connectivity index (χ2v) is 8.68. The first-order valence-electron chi connectivity index (χ1n) is 11.7. The predicted octanol–water partition coefficient (Wildman–Crippen LogP) is 7.30. The molecular formula is C29H27ClN4O3. The molecule has 0 aliphatic carbocycles. The standard InChI is InChI=1S/C29H27ClN4O3/c1-21-6-5-7-24(20-21)33-29(36)34(19-18-31-28(35)32-23-12-10-22(30)11-13-23)25-14-16-27(17-15-25)37-26-8-3-2-4-9-26/h2-17,20H,18-19H2,1H3,(H,33,36)(H2,31,32,35). The molecule has 4 rings (SSSR count). The number of aryl methyl sites for hydroxylation is 1. The van der Waals surface area contributed by atoms with Gasteiger partial charge in [-0.05, 0) is 85.3 Å². The lowest BCUT2D eigenvalue weighted by molar-refractivity contribution is 0.250. The number of urea groups is 2. The Labute approximate surface area is 221 Å². The van der Waals surface area contributed by atoms with Crippen molar-refractivity contribution in [1.82, 2.24) is 5.32 Å². The van der Waals surface area contributed by atoms with Gasteiger partial charge in [-0.15, -0.1) is 0 Å². The van der Waals surface area contributed by atoms with Crippen LogP contribution in [0.2, 0.25) is 5.02 Å². The third-order valence-corrected chi connectivity index (χ3v) is 5.62. The summed E-state index contributed by atoms with van der Waals surface area (Å²) in [5, 5.41) is 9.05. The molecule has 0 bridgehead atoms. The molecule has 7 nitrogen and oxygen atoms in total. The van der Waals surface area contributed by atoms with Crippen LogP contribution in [-0.4, -0.2) is 25.2 Å². The Hall–Kier alpha value is -4.49. The summed E-state index contributed by atoms with van der Waals surface area (Å²) in [6, 6.07) is 30.4. The zero-order chi connectivity index (χ0) is 26.0. The molecule has 0 unspecified atom stereocenters. The number of amides is 4. The van der Waals surface area contributed by atoms with Gasteiger partial charge >= 0.3 is 12.1 Å². The number of hydrogen-bond donors (Lipinski definition) is 3. The topological polar surface area (TPSA) is 82.7 Å². The molecule has 4 aromatic carbocycles. The van der Waals surface area contributed by atoms with Crippen LogP contribution in [0, 0.1) is 6.92 Å². The molecule has 0 aromatic heterocycles. The zero-order valence-electron chi connectivity index (χ0n) is 20.3. The third kappa shape index (κ3) is 7.75. The van der Waals surface area contributed by atoms with Crippen molar-refractivity contribution in [2.75, 3.05) is 28.6 Å². The first-order chi connectivity index (χ1) is 18.0. The first-order valence-corrected chi connectivity index (χ1v) is 12.1. The quantitative estimate of drug-likeness (QED) is 0.231. The van der Waals surface area contributed by atoms with Crippen LogP contribution in [0.4, 0.5) is 26.7 Å². The number of hydrogen-bond acceptors (Lipinski definition) is 3. The van der Waals surface area contributed by atoms with Crippen LogP contribution in [0.3, 0.4) is 0 Å². The average molecular weight is 515 g/mol. The molecule has 8 heteroatoms. The van der Waals surface area contributed by atoms with Crippen LogP contribution in [0.25, 0.3) is 0 Å². The molecule has 4 amide bonds. The molecule has 37 heavy (non-hydrogen) atoms. The highest BCUT2D eigenvalue weighted by Gasteiger charge is 2.17. The highest BCUT2D eigenvalue weighted by Crippen LogP contribution is 2.25. The molecule has 3 N–H and O–H groups in total. The summed E-state index contributed by atoms with van der Waals surface area (Å²) in [6.45, 7) is 2.43. The Kier molecular flexibility index (Phi) is 8.62. The van der Waals surface area contributed by atoms with Crippen LogP contribution in [0.5, 0.6) is 11.5 Å². The van der Waals surface area contributed by atoms with Crippen molar-refractivity contribution in [1.29, 1.82) is 0 Å². The number of nitrogens with zero attached hydrogens (tertiary/aromatic N) is 1. The fraction of sp³-hybridized carbons (Fsp3) is 0.103. The van der Waals surface area contributed by atoms with Gasteiger partial charge in [0, 0.05) is 35.2 Å². The van der Waals surface area contributed by atoms with E-state index in [1.807, 2.05) is 73.7 Å². The Bertz CT molecular complexity index is 1330. The molecule has 0 aliphatic rings. The molecule has 0 saturated heterocycles. The number of ether oxygens (including phenoxy) is 1. The van der Waals surface area contributed by atoms with E-state index in [9.17, 15) is 9.59 Å². The van der Waals surface area contributed by atoms with Gasteiger partial charge < -0.3 is 20.7 Å². The Morgan fingerprint density at radius 1 is 0.784 bits per heavy atom. The minimum Gasteiger partial charge on any atom is -0.457 e. The van der Waals surface area contributed by atoms with Gasteiger partial charge in [0.2, 0.25) is 0 Å². The number of carbonyl (C=O) groups is 2. The third-order valence-electron chi connectivity index (χ3n) is 5.36. The second-order valence-electron chi connectivity index (χ2n) is 8.25. The normalized spacial score (nSPS) is 10.3. The van der Waals surface area contributed by atoms with E-state index in [1.165, 1.54) is 0 Å². The molecule has 0 radical (unpaired) electrons. The smallest absolute Gasteiger partial charge is 0.326 e. The van der Waals surface area contributed by atoms with Crippen molar-refractivity contribution in [2.45, 2.75) is 6.92 Å². The van der Waals surface area contributed by atoms with Crippen molar-refractivity contribution in [3.63, 3.8) is 0 Å². The predicted molar refractivity (Wildman–Crippen MR) is 149 cm³/mol. The van der Waals surface area contributed by atoms with E-state index in [0.29, 0.717) is 27.8 Å². The summed E-state index contributed by atoms with van der Waals surface area (Å²) in [4.78, 5) is 27.1. The number of nitrogens with one attached hydrogen (secondary N) is 3. The summed E-state index contributed by atoms with van der Waals surface area (Å²) in [6.07, 6.45) is 0. The number of rotatable bonds is 8. The van der Waals surface area contributed by atoms with E-state index < -0.39 is 0 Å². The van der Waals surface area contributed by atoms with Gasteiger partial charge in [-0.1, -0.05) is 41.9 Å². The molecule has 0 heterocycles. The van der Waals surface area contributed by atoms with Crippen molar-refractivity contribution in [3.05, 3.63) is 114 Å². The Morgan fingerprint density at radius 3 is 2.19 bits per heavy atom. The first kappa shape index (κ1) is 25.6. The monoisotopic (exact) mass is 514 g/mol. The average Bonchev–Trinajstić information content (AvgIpc) is 2.89. The maximum Gasteiger partial charge on any atom is 0.326 e. The van der Waals surface area contributed by atoms with E-state index in [-0.39, 0.29) is 25.2 Å². The summed E-state index contributed by atoms with van der Waals surface area (Å²) in [5.41, 5.74) is 3.00. The number of carbonyl (C=O) groups excluding carboxylic acids is 2. The Balaban J connectivity index is 1.43. The van der Waals surface area contributed by atoms with E-state index >= 15 is 0 Å². The van der Waals surface area contributed by atoms with Crippen molar-refractivity contribution < 1.29 is 14.3 Å². The second kappa shape index (κ2) is 12.5. The Morgan fingerprint density at radius 2 is 1.49 bits per heavy atom. The van der Waals surface area contributed by atoms with Gasteiger partial charge in [-0.25, -0.2) is 9.59 Å². The molecule has 0 saturated carbocycles. The molecule has 4 aromatic rings. The lowest BCUT2D eigenvalue weighted by atomic mass is 10.2. The van der Waals surface area contributed by atoms with Crippen molar-refractivity contribution in [2.24, 2.45) is 0 Å². The number of para-hydroxylation sites is 1. The van der Waals surface area contributed by atoms with Gasteiger partial charge in [0.15, 0.2) is 0 Å². The summed E-state index contributed by atoms with van der Waals surface area (Å²) >= 11 is 5.89. The minimum atomic E-state index is -0.382. The lowest BCUT2D eigenvalue weighted by Crippen LogP contribution is -2.42. The van der Waals surface area contributed by atoms with E-state index in [2.05, 4.69) is 16.0 Å². The molecule has 188 valence electrons. The van der Waals surface area contributed by atoms with E-state index in [0.717, 1.165) is 11.3 Å². The summed E-state index contributed by atoms with van der Waals surface area (Å²) in [7, 11) is 0. The molecule has 0 atom stereocenters. The van der Waals surface area contributed by atoms with Gasteiger partial charge in [0.25, 0.3) is 0 Å². The molecule has 0 aliphatic heterocycles. The van der Waals surface area contributed by atoms with Crippen molar-refractivity contribution in [3.8, 4) is 11.5 Å². The summed E-state index contributed by atoms with van der Waals surface area (Å²) < 4.78 is 5.87. The maximum absolute atomic E-state index is 13.2. The van der Waals surface area contributed by atoms with Crippen LogP contribution < -0.4 is 25.6 Å². The van der Waals surface area contributed by atoms with E-state index in [1.54, 1.807) is 41.3 Å². The highest BCUT2D eigenvalue weighted by atomic mass is 35.5. The molecule has 0 spiro atoms. The summed E-state index contributed by atoms with van der Waals surface area (Å²) in [5.74, 6) is 1.37. The maximum atomic E-state index is 13.2. The highest BCUT2D eigenvalue weighted by molar-refractivity contribution is 6.30. The molecule has 0 fully saturated rings. The fourth-order valence-electron chi connectivity index (χ4n) is 3.57. The van der Waals surface area contributed by atoms with Gasteiger partial charge in [0.1, 0.15) is 11.5 Å². The van der Waals surface area contributed by atoms with Crippen LogP contribution >= 0.6 is 11.6 Å².